The van der Waals surface area contributed by atoms with Gasteiger partial charge in [-0.05, 0) is 18.2 Å². The molecule has 0 atom stereocenters. The Bertz CT molecular complexity index is 718. The van der Waals surface area contributed by atoms with E-state index in [4.69, 9.17) is 15.2 Å². The van der Waals surface area contributed by atoms with Gasteiger partial charge in [-0.25, -0.2) is 4.39 Å². The van der Waals surface area contributed by atoms with Crippen molar-refractivity contribution < 1.29 is 18.7 Å². The number of nitrogen functional groups attached to an aromatic ring is 1. The number of amides is 1. The Morgan fingerprint density at radius 1 is 1.24 bits per heavy atom. The van der Waals surface area contributed by atoms with E-state index in [2.05, 4.69) is 0 Å². The minimum Gasteiger partial charge on any atom is -0.454 e. The first-order chi connectivity index (χ1) is 10.1. The zero-order valence-electron chi connectivity index (χ0n) is 11.3. The van der Waals surface area contributed by atoms with Crippen molar-refractivity contribution in [3.8, 4) is 11.5 Å². The summed E-state index contributed by atoms with van der Waals surface area (Å²) in [4.78, 5) is 13.7. The molecule has 21 heavy (non-hydrogen) atoms. The maximum absolute atomic E-state index is 13.8. The van der Waals surface area contributed by atoms with Crippen molar-refractivity contribution in [3.05, 3.63) is 47.8 Å². The maximum Gasteiger partial charge on any atom is 0.260 e. The van der Waals surface area contributed by atoms with Crippen molar-refractivity contribution in [1.29, 1.82) is 0 Å². The highest BCUT2D eigenvalue weighted by atomic mass is 19.1. The van der Waals surface area contributed by atoms with Crippen LogP contribution in [0.1, 0.15) is 10.4 Å². The molecule has 1 heterocycles. The zero-order chi connectivity index (χ0) is 15.0. The monoisotopic (exact) mass is 288 g/mol. The lowest BCUT2D eigenvalue weighted by molar-refractivity contribution is 0.0992. The smallest absolute Gasteiger partial charge is 0.260 e. The van der Waals surface area contributed by atoms with Crippen molar-refractivity contribution in [2.45, 2.75) is 0 Å². The molecule has 0 aliphatic carbocycles. The third-order valence-corrected chi connectivity index (χ3v) is 3.29. The van der Waals surface area contributed by atoms with Crippen LogP contribution in [0.3, 0.4) is 0 Å². The van der Waals surface area contributed by atoms with Gasteiger partial charge in [-0.3, -0.25) is 4.79 Å². The Balaban J connectivity index is 1.97. The summed E-state index contributed by atoms with van der Waals surface area (Å²) in [7, 11) is 1.49. The molecule has 2 aromatic rings. The SMILES string of the molecule is CN(C(=O)c1cc2c(cc1N)OCO2)c1ccccc1F. The number of hydrogen-bond donors (Lipinski definition) is 1. The van der Waals surface area contributed by atoms with Gasteiger partial charge >= 0.3 is 0 Å². The molecule has 2 aromatic carbocycles. The molecule has 1 amide bonds. The number of ether oxygens (including phenoxy) is 2. The van der Waals surface area contributed by atoms with Gasteiger partial charge in [0.25, 0.3) is 5.91 Å². The molecule has 1 aliphatic heterocycles. The molecule has 2 N–H and O–H groups in total. The predicted molar refractivity (Wildman–Crippen MR) is 76.1 cm³/mol. The van der Waals surface area contributed by atoms with Crippen LogP contribution in [0.25, 0.3) is 0 Å². The average Bonchev–Trinajstić information content (AvgIpc) is 2.92. The van der Waals surface area contributed by atoms with Crippen LogP contribution in [0.15, 0.2) is 36.4 Å². The number of nitrogens with two attached hydrogens (primary N) is 1. The van der Waals surface area contributed by atoms with Crippen molar-refractivity contribution in [2.24, 2.45) is 0 Å². The molecule has 3 rings (SSSR count). The molecule has 0 spiro atoms. The van der Waals surface area contributed by atoms with E-state index < -0.39 is 11.7 Å². The second-order valence-corrected chi connectivity index (χ2v) is 4.61. The van der Waals surface area contributed by atoms with Crippen LogP contribution in [0.4, 0.5) is 15.8 Å². The summed E-state index contributed by atoms with van der Waals surface area (Å²) in [6.45, 7) is 0.0928. The number of halogens is 1. The van der Waals surface area contributed by atoms with Crippen LogP contribution < -0.4 is 20.1 Å². The molecule has 5 nitrogen and oxygen atoms in total. The topological polar surface area (TPSA) is 64.8 Å². The maximum atomic E-state index is 13.8. The fraction of sp³-hybridized carbons (Fsp3) is 0.133. The van der Waals surface area contributed by atoms with Crippen LogP contribution >= 0.6 is 0 Å². The molecule has 0 saturated carbocycles. The van der Waals surface area contributed by atoms with Gasteiger partial charge in [0.05, 0.1) is 11.3 Å². The van der Waals surface area contributed by atoms with E-state index in [1.54, 1.807) is 12.1 Å². The van der Waals surface area contributed by atoms with E-state index in [0.717, 1.165) is 0 Å². The molecule has 0 aromatic heterocycles. The van der Waals surface area contributed by atoms with Crippen molar-refractivity contribution in [1.82, 2.24) is 0 Å². The lowest BCUT2D eigenvalue weighted by Gasteiger charge is -2.19. The number of rotatable bonds is 2. The molecular formula is C15H13FN2O3. The molecule has 0 unspecified atom stereocenters. The highest BCUT2D eigenvalue weighted by Gasteiger charge is 2.23. The van der Waals surface area contributed by atoms with Gasteiger partial charge in [0.15, 0.2) is 11.5 Å². The van der Waals surface area contributed by atoms with E-state index in [1.807, 2.05) is 0 Å². The van der Waals surface area contributed by atoms with Crippen LogP contribution in [-0.2, 0) is 0 Å². The molecule has 0 fully saturated rings. The number of carbonyl (C=O) groups excluding carboxylic acids is 1. The molecule has 0 bridgehead atoms. The van der Waals surface area contributed by atoms with Gasteiger partial charge in [-0.15, -0.1) is 0 Å². The van der Waals surface area contributed by atoms with Crippen molar-refractivity contribution >= 4 is 17.3 Å². The van der Waals surface area contributed by atoms with Crippen molar-refractivity contribution in [2.75, 3.05) is 24.5 Å². The van der Waals surface area contributed by atoms with E-state index in [-0.39, 0.29) is 23.7 Å². The summed E-state index contributed by atoms with van der Waals surface area (Å²) in [6.07, 6.45) is 0. The second-order valence-electron chi connectivity index (χ2n) is 4.61. The zero-order valence-corrected chi connectivity index (χ0v) is 11.3. The van der Waals surface area contributed by atoms with E-state index in [1.165, 1.54) is 36.2 Å². The Morgan fingerprint density at radius 2 is 1.90 bits per heavy atom. The summed E-state index contributed by atoms with van der Waals surface area (Å²) in [6, 6.07) is 9.08. The highest BCUT2D eigenvalue weighted by Crippen LogP contribution is 2.36. The summed E-state index contributed by atoms with van der Waals surface area (Å²) >= 11 is 0. The van der Waals surface area contributed by atoms with Crippen LogP contribution in [0.2, 0.25) is 0 Å². The number of hydrogen-bond acceptors (Lipinski definition) is 4. The van der Waals surface area contributed by atoms with E-state index in [0.29, 0.717) is 11.5 Å². The summed E-state index contributed by atoms with van der Waals surface area (Å²) in [5.74, 6) is 0.0515. The van der Waals surface area contributed by atoms with Gasteiger partial charge in [0.2, 0.25) is 6.79 Å². The standard InChI is InChI=1S/C15H13FN2O3/c1-18(12-5-3-2-4-10(12)16)15(19)9-6-13-14(7-11(9)17)21-8-20-13/h2-7H,8,17H2,1H3. The minimum atomic E-state index is -0.479. The third-order valence-electron chi connectivity index (χ3n) is 3.29. The molecule has 6 heteroatoms. The number of benzene rings is 2. The van der Waals surface area contributed by atoms with Gasteiger partial charge in [-0.2, -0.15) is 0 Å². The lowest BCUT2D eigenvalue weighted by Crippen LogP contribution is -2.27. The van der Waals surface area contributed by atoms with Crippen molar-refractivity contribution in [3.63, 3.8) is 0 Å². The van der Waals surface area contributed by atoms with Gasteiger partial charge in [0.1, 0.15) is 5.82 Å². The number of nitrogens with zero attached hydrogens (tertiary/aromatic N) is 1. The summed E-state index contributed by atoms with van der Waals surface area (Å²) < 4.78 is 24.2. The number of anilines is 2. The normalized spacial score (nSPS) is 12.3. The van der Waals surface area contributed by atoms with Crippen LogP contribution in [-0.4, -0.2) is 19.7 Å². The molecule has 0 radical (unpaired) electrons. The Kier molecular flexibility index (Phi) is 3.13. The minimum absolute atomic E-state index is 0.0928. The highest BCUT2D eigenvalue weighted by molar-refractivity contribution is 6.09. The number of para-hydroxylation sites is 1. The van der Waals surface area contributed by atoms with Gasteiger partial charge in [0, 0.05) is 18.8 Å². The first kappa shape index (κ1) is 13.2. The molecule has 1 aliphatic rings. The Hall–Kier alpha value is -2.76. The second kappa shape index (κ2) is 4.97. The van der Waals surface area contributed by atoms with Gasteiger partial charge in [-0.1, -0.05) is 12.1 Å². The van der Waals surface area contributed by atoms with Crippen LogP contribution in [0.5, 0.6) is 11.5 Å². The first-order valence-corrected chi connectivity index (χ1v) is 6.29. The third kappa shape index (κ3) is 2.24. The Morgan fingerprint density at radius 3 is 2.62 bits per heavy atom. The molecule has 108 valence electrons. The average molecular weight is 288 g/mol. The number of fused-ring (bicyclic) bond motifs is 1. The summed E-state index contributed by atoms with van der Waals surface area (Å²) in [5, 5.41) is 0. The first-order valence-electron chi connectivity index (χ1n) is 6.29. The predicted octanol–water partition coefficient (Wildman–Crippen LogP) is 2.41. The fourth-order valence-electron chi connectivity index (χ4n) is 2.16. The summed E-state index contributed by atoms with van der Waals surface area (Å²) in [5.41, 5.74) is 6.55. The number of carbonyl (C=O) groups is 1. The molecular weight excluding hydrogens is 275 g/mol. The van der Waals surface area contributed by atoms with E-state index in [9.17, 15) is 9.18 Å². The van der Waals surface area contributed by atoms with Crippen LogP contribution in [0, 0.1) is 5.82 Å². The lowest BCUT2D eigenvalue weighted by atomic mass is 10.1. The van der Waals surface area contributed by atoms with E-state index >= 15 is 0 Å². The molecule has 0 saturated heterocycles. The van der Waals surface area contributed by atoms with Gasteiger partial charge < -0.3 is 20.1 Å². The Labute approximate surface area is 120 Å². The quantitative estimate of drug-likeness (QED) is 0.862. The largest absolute Gasteiger partial charge is 0.454 e. The fourth-order valence-corrected chi connectivity index (χ4v) is 2.16.